The van der Waals surface area contributed by atoms with Crippen molar-refractivity contribution in [2.75, 3.05) is 18.5 Å². The Morgan fingerprint density at radius 2 is 1.89 bits per heavy atom. The van der Waals surface area contributed by atoms with Gasteiger partial charge >= 0.3 is 5.97 Å². The molecule has 0 spiro atoms. The van der Waals surface area contributed by atoms with Gasteiger partial charge in [0.2, 0.25) is 10.0 Å². The van der Waals surface area contributed by atoms with Crippen molar-refractivity contribution in [2.24, 2.45) is 5.14 Å². The number of ether oxygens (including phenoxy) is 1. The average molecular weight is 396 g/mol. The maximum absolute atomic E-state index is 12.0. The molecule has 2 rings (SSSR count). The van der Waals surface area contributed by atoms with Crippen molar-refractivity contribution in [1.29, 1.82) is 0 Å². The van der Waals surface area contributed by atoms with Crippen LogP contribution in [0.25, 0.3) is 0 Å². The van der Waals surface area contributed by atoms with E-state index in [0.717, 1.165) is 6.07 Å². The number of aliphatic hydroxyl groups is 2. The number of nitrogens with two attached hydrogens (primary N) is 1. The third-order valence-electron chi connectivity index (χ3n) is 3.58. The number of aromatic carboxylic acids is 1. The zero-order valence-electron chi connectivity index (χ0n) is 14.2. The number of primary sulfonamides is 1. The quantitative estimate of drug-likeness (QED) is 0.419. The first kappa shape index (κ1) is 20.6. The van der Waals surface area contributed by atoms with Gasteiger partial charge in [-0.2, -0.15) is 0 Å². The Morgan fingerprint density at radius 3 is 2.44 bits per heavy atom. The standard InChI is InChI=1S/C17H20N2O7S/c18-27(24,25)15-9-11(17(22)23)8-14(19-7-6-12(21)10-20)16(15)26-13-4-2-1-3-5-13/h1-5,8-9,12,19-21H,6-7,10H2,(H,22,23)(H2,18,24,25). The molecule has 0 heterocycles. The Balaban J connectivity index is 2.51. The van der Waals surface area contributed by atoms with Gasteiger partial charge in [0, 0.05) is 6.54 Å². The minimum atomic E-state index is -4.30. The van der Waals surface area contributed by atoms with Crippen LogP contribution >= 0.6 is 0 Å². The summed E-state index contributed by atoms with van der Waals surface area (Å²) in [5.41, 5.74) is -0.224. The Labute approximate surface area is 156 Å². The fraction of sp³-hybridized carbons (Fsp3) is 0.235. The minimum Gasteiger partial charge on any atom is -0.478 e. The van der Waals surface area contributed by atoms with Gasteiger partial charge in [-0.3, -0.25) is 0 Å². The topological polar surface area (TPSA) is 159 Å². The van der Waals surface area contributed by atoms with Crippen LogP contribution in [0.4, 0.5) is 5.69 Å². The molecule has 27 heavy (non-hydrogen) atoms. The lowest BCUT2D eigenvalue weighted by atomic mass is 10.1. The van der Waals surface area contributed by atoms with Gasteiger partial charge in [0.1, 0.15) is 10.6 Å². The number of carboxylic acids is 1. The third kappa shape index (κ3) is 5.66. The molecule has 0 saturated carbocycles. The van der Waals surface area contributed by atoms with Crippen molar-refractivity contribution in [1.82, 2.24) is 0 Å². The van der Waals surface area contributed by atoms with E-state index in [-0.39, 0.29) is 30.0 Å². The number of carboxylic acid groups (broad SMARTS) is 1. The largest absolute Gasteiger partial charge is 0.478 e. The molecule has 0 amide bonds. The van der Waals surface area contributed by atoms with Gasteiger partial charge in [-0.15, -0.1) is 0 Å². The number of anilines is 1. The molecule has 10 heteroatoms. The minimum absolute atomic E-state index is 0.0768. The predicted molar refractivity (Wildman–Crippen MR) is 97.5 cm³/mol. The van der Waals surface area contributed by atoms with Crippen LogP contribution in [-0.4, -0.2) is 49.0 Å². The highest BCUT2D eigenvalue weighted by molar-refractivity contribution is 7.89. The second kappa shape index (κ2) is 8.82. The summed E-state index contributed by atoms with van der Waals surface area (Å²) >= 11 is 0. The number of benzene rings is 2. The van der Waals surface area contributed by atoms with Crippen LogP contribution in [0.15, 0.2) is 47.4 Å². The Hall–Kier alpha value is -2.66. The van der Waals surface area contributed by atoms with Crippen molar-refractivity contribution in [3.8, 4) is 11.5 Å². The normalized spacial score (nSPS) is 12.4. The van der Waals surface area contributed by atoms with Gasteiger partial charge in [-0.25, -0.2) is 18.4 Å². The van der Waals surface area contributed by atoms with E-state index in [1.54, 1.807) is 30.3 Å². The Bertz CT molecular complexity index is 901. The van der Waals surface area contributed by atoms with Crippen LogP contribution in [0, 0.1) is 0 Å². The molecule has 0 fully saturated rings. The Morgan fingerprint density at radius 1 is 1.22 bits per heavy atom. The molecule has 0 aliphatic heterocycles. The van der Waals surface area contributed by atoms with Crippen molar-refractivity contribution in [2.45, 2.75) is 17.4 Å². The Kier molecular flexibility index (Phi) is 6.75. The predicted octanol–water partition coefficient (Wildman–Crippen LogP) is 0.980. The van der Waals surface area contributed by atoms with Gasteiger partial charge in [0.25, 0.3) is 0 Å². The molecule has 2 aromatic rings. The lowest BCUT2D eigenvalue weighted by Crippen LogP contribution is -2.19. The summed E-state index contributed by atoms with van der Waals surface area (Å²) in [7, 11) is -4.30. The fourth-order valence-corrected chi connectivity index (χ4v) is 2.95. The second-order valence-electron chi connectivity index (χ2n) is 5.67. The van der Waals surface area contributed by atoms with Crippen LogP contribution in [0.3, 0.4) is 0 Å². The van der Waals surface area contributed by atoms with Crippen LogP contribution in [0.1, 0.15) is 16.8 Å². The van der Waals surface area contributed by atoms with E-state index < -0.39 is 33.6 Å². The first-order valence-electron chi connectivity index (χ1n) is 7.92. The fourth-order valence-electron chi connectivity index (χ4n) is 2.24. The molecule has 0 saturated heterocycles. The van der Waals surface area contributed by atoms with E-state index in [1.807, 2.05) is 0 Å². The molecule has 9 nitrogen and oxygen atoms in total. The molecule has 1 atom stereocenters. The van der Waals surface area contributed by atoms with Gasteiger partial charge in [0.05, 0.1) is 24.0 Å². The number of carbonyl (C=O) groups is 1. The number of para-hydroxylation sites is 1. The SMILES string of the molecule is NS(=O)(=O)c1cc(C(=O)O)cc(NCCC(O)CO)c1Oc1ccccc1. The number of aliphatic hydroxyl groups excluding tert-OH is 2. The van der Waals surface area contributed by atoms with Crippen LogP contribution < -0.4 is 15.2 Å². The number of hydrogen-bond acceptors (Lipinski definition) is 7. The molecule has 2 aromatic carbocycles. The van der Waals surface area contributed by atoms with Gasteiger partial charge in [0.15, 0.2) is 5.75 Å². The second-order valence-corrected chi connectivity index (χ2v) is 7.20. The molecular weight excluding hydrogens is 376 g/mol. The van der Waals surface area contributed by atoms with Crippen molar-refractivity contribution < 1.29 is 33.3 Å². The molecule has 0 aliphatic carbocycles. The van der Waals surface area contributed by atoms with E-state index in [4.69, 9.17) is 15.0 Å². The summed E-state index contributed by atoms with van der Waals surface area (Å²) in [6.07, 6.45) is -0.833. The summed E-state index contributed by atoms with van der Waals surface area (Å²) < 4.78 is 29.7. The highest BCUT2D eigenvalue weighted by Gasteiger charge is 2.23. The lowest BCUT2D eigenvalue weighted by molar-refractivity contribution is 0.0696. The van der Waals surface area contributed by atoms with E-state index in [1.165, 1.54) is 6.07 Å². The molecule has 6 N–H and O–H groups in total. The molecule has 0 bridgehead atoms. The van der Waals surface area contributed by atoms with Gasteiger partial charge < -0.3 is 25.4 Å². The molecule has 1 unspecified atom stereocenters. The smallest absolute Gasteiger partial charge is 0.335 e. The summed E-state index contributed by atoms with van der Waals surface area (Å²) in [5.74, 6) is -1.18. The van der Waals surface area contributed by atoms with Crippen LogP contribution in [0.2, 0.25) is 0 Å². The first-order valence-corrected chi connectivity index (χ1v) is 9.47. The number of rotatable bonds is 9. The highest BCUT2D eigenvalue weighted by Crippen LogP contribution is 2.37. The molecule has 0 radical (unpaired) electrons. The van der Waals surface area contributed by atoms with Crippen LogP contribution in [-0.2, 0) is 10.0 Å². The van der Waals surface area contributed by atoms with E-state index in [2.05, 4.69) is 5.32 Å². The van der Waals surface area contributed by atoms with Crippen molar-refractivity contribution in [3.63, 3.8) is 0 Å². The first-order chi connectivity index (χ1) is 12.7. The third-order valence-corrected chi connectivity index (χ3v) is 4.49. The monoisotopic (exact) mass is 396 g/mol. The highest BCUT2D eigenvalue weighted by atomic mass is 32.2. The molecule has 0 aliphatic rings. The van der Waals surface area contributed by atoms with E-state index >= 15 is 0 Å². The zero-order chi connectivity index (χ0) is 20.0. The van der Waals surface area contributed by atoms with Gasteiger partial charge in [-0.1, -0.05) is 18.2 Å². The summed E-state index contributed by atoms with van der Waals surface area (Å²) in [6, 6.07) is 10.4. The molecular formula is C17H20N2O7S. The van der Waals surface area contributed by atoms with Crippen molar-refractivity contribution in [3.05, 3.63) is 48.0 Å². The lowest BCUT2D eigenvalue weighted by Gasteiger charge is -2.17. The number of hydrogen-bond donors (Lipinski definition) is 5. The van der Waals surface area contributed by atoms with E-state index in [0.29, 0.717) is 5.75 Å². The van der Waals surface area contributed by atoms with Gasteiger partial charge in [-0.05, 0) is 30.7 Å². The zero-order valence-corrected chi connectivity index (χ0v) is 15.0. The number of nitrogens with one attached hydrogen (secondary N) is 1. The number of sulfonamides is 1. The summed E-state index contributed by atoms with van der Waals surface area (Å²) in [6.45, 7) is -0.313. The van der Waals surface area contributed by atoms with E-state index in [9.17, 15) is 23.4 Å². The maximum Gasteiger partial charge on any atom is 0.335 e. The average Bonchev–Trinajstić information content (AvgIpc) is 2.62. The summed E-state index contributed by atoms with van der Waals surface area (Å²) in [5, 5.41) is 35.6. The summed E-state index contributed by atoms with van der Waals surface area (Å²) in [4.78, 5) is 10.9. The van der Waals surface area contributed by atoms with Crippen molar-refractivity contribution >= 4 is 21.7 Å². The van der Waals surface area contributed by atoms with Crippen LogP contribution in [0.5, 0.6) is 11.5 Å². The molecule has 146 valence electrons. The molecule has 0 aromatic heterocycles. The maximum atomic E-state index is 12.0.